The number of aryl methyl sites for hydroxylation is 1. The van der Waals surface area contributed by atoms with Crippen molar-refractivity contribution in [3.63, 3.8) is 0 Å². The summed E-state index contributed by atoms with van der Waals surface area (Å²) in [4.78, 5) is 6.73. The molecule has 0 aliphatic carbocycles. The van der Waals surface area contributed by atoms with Gasteiger partial charge in [-0.05, 0) is 12.8 Å². The molecular weight excluding hydrogens is 196 g/mol. The maximum atomic E-state index is 5.84. The number of hydrogen-bond donors (Lipinski definition) is 1. The standard InChI is InChI=1S/C9H16N4S/c1-2-3-8-11-9(14-12-8)13-5-4-7(10)6-13/h7H,2-6,10H2,1H3. The van der Waals surface area contributed by atoms with Crippen molar-refractivity contribution in [3.8, 4) is 0 Å². The highest BCUT2D eigenvalue weighted by atomic mass is 32.1. The van der Waals surface area contributed by atoms with E-state index in [1.54, 1.807) is 0 Å². The maximum Gasteiger partial charge on any atom is 0.205 e. The normalized spacial score (nSPS) is 21.9. The average molecular weight is 212 g/mol. The summed E-state index contributed by atoms with van der Waals surface area (Å²) >= 11 is 1.50. The Morgan fingerprint density at radius 1 is 1.64 bits per heavy atom. The molecule has 2 N–H and O–H groups in total. The molecule has 1 aliphatic rings. The predicted octanol–water partition coefficient (Wildman–Crippen LogP) is 1.03. The van der Waals surface area contributed by atoms with Crippen LogP contribution in [0.2, 0.25) is 0 Å². The zero-order valence-electron chi connectivity index (χ0n) is 8.44. The van der Waals surface area contributed by atoms with Crippen LogP contribution in [0.1, 0.15) is 25.6 Å². The van der Waals surface area contributed by atoms with Crippen molar-refractivity contribution in [3.05, 3.63) is 5.82 Å². The number of rotatable bonds is 3. The Bertz CT molecular complexity index is 299. The smallest absolute Gasteiger partial charge is 0.205 e. The highest BCUT2D eigenvalue weighted by Crippen LogP contribution is 2.21. The molecule has 1 aromatic rings. The second kappa shape index (κ2) is 4.23. The minimum atomic E-state index is 0.313. The number of anilines is 1. The molecule has 1 atom stereocenters. The SMILES string of the molecule is CCCc1nsc(N2CCC(N)C2)n1. The van der Waals surface area contributed by atoms with Crippen LogP contribution < -0.4 is 10.6 Å². The lowest BCUT2D eigenvalue weighted by Crippen LogP contribution is -2.26. The molecule has 14 heavy (non-hydrogen) atoms. The largest absolute Gasteiger partial charge is 0.345 e. The van der Waals surface area contributed by atoms with E-state index in [2.05, 4.69) is 21.2 Å². The van der Waals surface area contributed by atoms with E-state index in [4.69, 9.17) is 5.73 Å². The molecule has 5 heteroatoms. The lowest BCUT2D eigenvalue weighted by atomic mass is 10.3. The van der Waals surface area contributed by atoms with Crippen LogP contribution >= 0.6 is 11.5 Å². The van der Waals surface area contributed by atoms with E-state index in [9.17, 15) is 0 Å². The molecule has 2 heterocycles. The molecule has 1 aromatic heterocycles. The molecule has 78 valence electrons. The first-order valence-electron chi connectivity index (χ1n) is 5.12. The van der Waals surface area contributed by atoms with Gasteiger partial charge in [-0.15, -0.1) is 0 Å². The minimum absolute atomic E-state index is 0.313. The van der Waals surface area contributed by atoms with Gasteiger partial charge < -0.3 is 10.6 Å². The highest BCUT2D eigenvalue weighted by molar-refractivity contribution is 7.09. The fourth-order valence-electron chi connectivity index (χ4n) is 1.66. The van der Waals surface area contributed by atoms with Gasteiger partial charge in [0.1, 0.15) is 5.82 Å². The molecule has 1 fully saturated rings. The Balaban J connectivity index is 2.02. The van der Waals surface area contributed by atoms with E-state index in [1.165, 1.54) is 11.5 Å². The van der Waals surface area contributed by atoms with Crippen molar-refractivity contribution >= 4 is 16.7 Å². The average Bonchev–Trinajstić information content (AvgIpc) is 2.74. The van der Waals surface area contributed by atoms with Crippen LogP contribution in [0.4, 0.5) is 5.13 Å². The van der Waals surface area contributed by atoms with Crippen LogP contribution in [0, 0.1) is 0 Å². The Hall–Kier alpha value is -0.680. The fraction of sp³-hybridized carbons (Fsp3) is 0.778. The van der Waals surface area contributed by atoms with E-state index < -0.39 is 0 Å². The van der Waals surface area contributed by atoms with Crippen molar-refractivity contribution in [1.82, 2.24) is 9.36 Å². The molecule has 4 nitrogen and oxygen atoms in total. The molecular formula is C9H16N4S. The van der Waals surface area contributed by atoms with Gasteiger partial charge in [-0.3, -0.25) is 0 Å². The third-order valence-electron chi connectivity index (χ3n) is 2.43. The maximum absolute atomic E-state index is 5.84. The molecule has 1 saturated heterocycles. The van der Waals surface area contributed by atoms with E-state index in [0.717, 1.165) is 43.3 Å². The summed E-state index contributed by atoms with van der Waals surface area (Å²) < 4.78 is 4.32. The molecule has 0 bridgehead atoms. The van der Waals surface area contributed by atoms with Gasteiger partial charge in [0.05, 0.1) is 0 Å². The van der Waals surface area contributed by atoms with Crippen molar-refractivity contribution in [2.75, 3.05) is 18.0 Å². The number of hydrogen-bond acceptors (Lipinski definition) is 5. The van der Waals surface area contributed by atoms with Gasteiger partial charge in [0.2, 0.25) is 5.13 Å². The van der Waals surface area contributed by atoms with Gasteiger partial charge in [-0.25, -0.2) is 4.98 Å². The minimum Gasteiger partial charge on any atom is -0.345 e. The quantitative estimate of drug-likeness (QED) is 0.813. The van der Waals surface area contributed by atoms with Gasteiger partial charge in [0.25, 0.3) is 0 Å². The van der Waals surface area contributed by atoms with Crippen LogP contribution in [0.3, 0.4) is 0 Å². The van der Waals surface area contributed by atoms with Gasteiger partial charge in [-0.2, -0.15) is 4.37 Å². The first-order valence-corrected chi connectivity index (χ1v) is 5.90. The summed E-state index contributed by atoms with van der Waals surface area (Å²) in [6.45, 7) is 4.11. The van der Waals surface area contributed by atoms with E-state index in [1.807, 2.05) is 0 Å². The van der Waals surface area contributed by atoms with Gasteiger partial charge in [-0.1, -0.05) is 6.92 Å². The molecule has 2 rings (SSSR count). The number of nitrogens with two attached hydrogens (primary N) is 1. The molecule has 0 amide bonds. The lowest BCUT2D eigenvalue weighted by molar-refractivity contribution is 0.751. The Labute approximate surface area is 88.3 Å². The Morgan fingerprint density at radius 2 is 2.50 bits per heavy atom. The van der Waals surface area contributed by atoms with Gasteiger partial charge in [0.15, 0.2) is 0 Å². The first kappa shape index (κ1) is 9.86. The van der Waals surface area contributed by atoms with E-state index in [-0.39, 0.29) is 0 Å². The van der Waals surface area contributed by atoms with E-state index >= 15 is 0 Å². The number of nitrogens with zero attached hydrogens (tertiary/aromatic N) is 3. The summed E-state index contributed by atoms with van der Waals surface area (Å²) in [6, 6.07) is 0.313. The van der Waals surface area contributed by atoms with Crippen LogP contribution in [0.15, 0.2) is 0 Å². The molecule has 1 unspecified atom stereocenters. The molecule has 0 radical (unpaired) electrons. The van der Waals surface area contributed by atoms with Crippen LogP contribution in [0.5, 0.6) is 0 Å². The summed E-state index contributed by atoms with van der Waals surface area (Å²) in [5.74, 6) is 0.980. The first-order chi connectivity index (χ1) is 6.79. The lowest BCUT2D eigenvalue weighted by Gasteiger charge is -2.12. The van der Waals surface area contributed by atoms with Crippen molar-refractivity contribution in [2.24, 2.45) is 5.73 Å². The summed E-state index contributed by atoms with van der Waals surface area (Å²) in [5.41, 5.74) is 5.84. The second-order valence-corrected chi connectivity index (χ2v) is 4.47. The van der Waals surface area contributed by atoms with Crippen LogP contribution in [0.25, 0.3) is 0 Å². The van der Waals surface area contributed by atoms with E-state index in [0.29, 0.717) is 6.04 Å². The monoisotopic (exact) mass is 212 g/mol. The number of aromatic nitrogens is 2. The summed E-state index contributed by atoms with van der Waals surface area (Å²) in [7, 11) is 0. The molecule has 1 aliphatic heterocycles. The third kappa shape index (κ3) is 2.04. The Kier molecular flexibility index (Phi) is 2.98. The predicted molar refractivity (Wildman–Crippen MR) is 58.7 cm³/mol. The van der Waals surface area contributed by atoms with Crippen molar-refractivity contribution in [1.29, 1.82) is 0 Å². The van der Waals surface area contributed by atoms with Crippen molar-refractivity contribution < 1.29 is 0 Å². The third-order valence-corrected chi connectivity index (χ3v) is 3.24. The molecule has 0 spiro atoms. The van der Waals surface area contributed by atoms with Crippen LogP contribution in [-0.2, 0) is 6.42 Å². The summed E-state index contributed by atoms with van der Waals surface area (Å²) in [6.07, 6.45) is 3.16. The Morgan fingerprint density at radius 3 is 3.14 bits per heavy atom. The highest BCUT2D eigenvalue weighted by Gasteiger charge is 2.21. The fourth-order valence-corrected chi connectivity index (χ4v) is 2.41. The summed E-state index contributed by atoms with van der Waals surface area (Å²) in [5, 5.41) is 1.04. The topological polar surface area (TPSA) is 55.0 Å². The van der Waals surface area contributed by atoms with Gasteiger partial charge >= 0.3 is 0 Å². The zero-order valence-corrected chi connectivity index (χ0v) is 9.26. The van der Waals surface area contributed by atoms with Gasteiger partial charge in [0, 0.05) is 37.1 Å². The van der Waals surface area contributed by atoms with Crippen molar-refractivity contribution in [2.45, 2.75) is 32.2 Å². The zero-order chi connectivity index (χ0) is 9.97. The molecule has 0 saturated carbocycles. The van der Waals surface area contributed by atoms with Crippen LogP contribution in [-0.4, -0.2) is 28.5 Å². The molecule has 0 aromatic carbocycles. The second-order valence-electron chi connectivity index (χ2n) is 3.74.